The molecule has 0 bridgehead atoms. The number of nitrogen functional groups attached to an aromatic ring is 1. The molecular formula is C27H32F3N7O. The van der Waals surface area contributed by atoms with Crippen LogP contribution in [0.25, 0.3) is 11.1 Å². The first-order valence-electron chi connectivity index (χ1n) is 12.2. The molecule has 0 aliphatic carbocycles. The summed E-state index contributed by atoms with van der Waals surface area (Å²) in [5.41, 5.74) is 13.6. The number of aromatic nitrogens is 1. The zero-order valence-corrected chi connectivity index (χ0v) is 21.1. The third-order valence-corrected chi connectivity index (χ3v) is 5.85. The number of anilines is 3. The maximum absolute atomic E-state index is 13.8. The van der Waals surface area contributed by atoms with Crippen LogP contribution in [0.3, 0.4) is 0 Å². The van der Waals surface area contributed by atoms with E-state index in [2.05, 4.69) is 15.6 Å². The number of benzene rings is 2. The fourth-order valence-electron chi connectivity index (χ4n) is 4.00. The molecule has 0 aliphatic rings. The van der Waals surface area contributed by atoms with Gasteiger partial charge in [-0.3, -0.25) is 9.69 Å². The van der Waals surface area contributed by atoms with Crippen molar-refractivity contribution in [1.82, 2.24) is 9.88 Å². The summed E-state index contributed by atoms with van der Waals surface area (Å²) in [6, 6.07) is 12.8. The Bertz CT molecular complexity index is 1240. The van der Waals surface area contributed by atoms with E-state index >= 15 is 0 Å². The van der Waals surface area contributed by atoms with Crippen LogP contribution in [0.1, 0.15) is 30.0 Å². The summed E-state index contributed by atoms with van der Waals surface area (Å²) >= 11 is 0. The number of carbonyl (C=O) groups excluding carboxylic acids is 1. The molecule has 202 valence electrons. The van der Waals surface area contributed by atoms with Crippen LogP contribution in [0.2, 0.25) is 0 Å². The highest BCUT2D eigenvalue weighted by Gasteiger charge is 2.34. The molecule has 1 amide bonds. The largest absolute Gasteiger partial charge is 0.416 e. The lowest BCUT2D eigenvalue weighted by molar-refractivity contribution is -0.138. The molecule has 0 saturated carbocycles. The van der Waals surface area contributed by atoms with Crippen LogP contribution >= 0.6 is 0 Å². The van der Waals surface area contributed by atoms with Gasteiger partial charge in [0.2, 0.25) is 5.91 Å². The monoisotopic (exact) mass is 527 g/mol. The molecule has 7 N–H and O–H groups in total. The maximum atomic E-state index is 13.8. The third-order valence-electron chi connectivity index (χ3n) is 5.85. The number of amides is 1. The van der Waals surface area contributed by atoms with Crippen LogP contribution in [0.5, 0.6) is 0 Å². The van der Waals surface area contributed by atoms with Crippen molar-refractivity contribution >= 4 is 29.3 Å². The number of rotatable bonds is 12. The van der Waals surface area contributed by atoms with Crippen LogP contribution in [0.4, 0.5) is 30.4 Å². The normalized spacial score (nSPS) is 11.4. The van der Waals surface area contributed by atoms with Crippen molar-refractivity contribution in [2.24, 2.45) is 5.73 Å². The summed E-state index contributed by atoms with van der Waals surface area (Å²) in [4.78, 5) is 18.4. The summed E-state index contributed by atoms with van der Waals surface area (Å²) in [5, 5.41) is 12.9. The number of pyridine rings is 1. The molecule has 0 spiro atoms. The second-order valence-corrected chi connectivity index (χ2v) is 8.76. The average Bonchev–Trinajstić information content (AvgIpc) is 2.88. The zero-order valence-electron chi connectivity index (χ0n) is 21.1. The first-order chi connectivity index (χ1) is 18.1. The number of nitrogens with zero attached hydrogens (tertiary/aromatic N) is 2. The molecule has 0 unspecified atom stereocenters. The van der Waals surface area contributed by atoms with Gasteiger partial charge in [-0.15, -0.1) is 0 Å². The van der Waals surface area contributed by atoms with E-state index in [9.17, 15) is 18.0 Å². The molecule has 1 heterocycles. The molecule has 0 aliphatic heterocycles. The lowest BCUT2D eigenvalue weighted by Gasteiger charge is -2.23. The molecule has 0 atom stereocenters. The van der Waals surface area contributed by atoms with E-state index in [-0.39, 0.29) is 30.2 Å². The highest BCUT2D eigenvalue weighted by atomic mass is 19.4. The smallest absolute Gasteiger partial charge is 0.383 e. The predicted octanol–water partition coefficient (Wildman–Crippen LogP) is 4.57. The standard InChI is InChI=1S/C27H32F3N7O/c1-2-10-37(11-9-31)17-19-5-8-23(13-24(19)27(28,29)30)36-25(38)16-34-22-6-3-18(4-7-22)21-12-20(14-32)26(33)35-15-21/h3-8,12-15,32,34H,2,9-11,16-17,31H2,1H3,(H2,33,35)(H,36,38). The number of halogens is 3. The van der Waals surface area contributed by atoms with Crippen LogP contribution in [0, 0.1) is 5.41 Å². The first kappa shape index (κ1) is 28.6. The second kappa shape index (κ2) is 13.0. The quantitative estimate of drug-likeness (QED) is 0.219. The van der Waals surface area contributed by atoms with Crippen molar-refractivity contribution in [2.75, 3.05) is 42.5 Å². The molecule has 8 nitrogen and oxygen atoms in total. The van der Waals surface area contributed by atoms with Crippen molar-refractivity contribution in [3.63, 3.8) is 0 Å². The van der Waals surface area contributed by atoms with Gasteiger partial charge in [0, 0.05) is 54.5 Å². The van der Waals surface area contributed by atoms with E-state index in [1.54, 1.807) is 24.4 Å². The van der Waals surface area contributed by atoms with Gasteiger partial charge in [-0.05, 0) is 54.4 Å². The Balaban J connectivity index is 1.64. The molecule has 3 rings (SSSR count). The lowest BCUT2D eigenvalue weighted by atomic mass is 10.0. The highest BCUT2D eigenvalue weighted by Crippen LogP contribution is 2.34. The fourth-order valence-corrected chi connectivity index (χ4v) is 4.00. The molecular weight excluding hydrogens is 495 g/mol. The summed E-state index contributed by atoms with van der Waals surface area (Å²) in [7, 11) is 0. The van der Waals surface area contributed by atoms with E-state index in [1.165, 1.54) is 12.1 Å². The van der Waals surface area contributed by atoms with E-state index in [0.717, 1.165) is 29.8 Å². The molecule has 11 heteroatoms. The maximum Gasteiger partial charge on any atom is 0.416 e. The summed E-state index contributed by atoms with van der Waals surface area (Å²) in [6.07, 6.45) is -1.02. The van der Waals surface area contributed by atoms with Crippen molar-refractivity contribution in [3.05, 3.63) is 71.4 Å². The van der Waals surface area contributed by atoms with Gasteiger partial charge in [-0.25, -0.2) is 4.98 Å². The summed E-state index contributed by atoms with van der Waals surface area (Å²) in [6.45, 7) is 3.45. The van der Waals surface area contributed by atoms with Crippen molar-refractivity contribution in [3.8, 4) is 11.1 Å². The Morgan fingerprint density at radius 3 is 2.42 bits per heavy atom. The lowest BCUT2D eigenvalue weighted by Crippen LogP contribution is -2.30. The topological polar surface area (TPSA) is 133 Å². The van der Waals surface area contributed by atoms with E-state index in [4.69, 9.17) is 16.9 Å². The summed E-state index contributed by atoms with van der Waals surface area (Å²) in [5.74, 6) is -0.209. The van der Waals surface area contributed by atoms with Gasteiger partial charge in [0.25, 0.3) is 0 Å². The van der Waals surface area contributed by atoms with Gasteiger partial charge in [-0.2, -0.15) is 13.2 Å². The van der Waals surface area contributed by atoms with Crippen molar-refractivity contribution in [1.29, 1.82) is 5.41 Å². The van der Waals surface area contributed by atoms with E-state index < -0.39 is 17.6 Å². The highest BCUT2D eigenvalue weighted by molar-refractivity contribution is 5.94. The van der Waals surface area contributed by atoms with Crippen molar-refractivity contribution < 1.29 is 18.0 Å². The van der Waals surface area contributed by atoms with Crippen LogP contribution in [0.15, 0.2) is 54.7 Å². The Morgan fingerprint density at radius 1 is 1.08 bits per heavy atom. The number of carbonyl (C=O) groups is 1. The Kier molecular flexibility index (Phi) is 9.80. The predicted molar refractivity (Wildman–Crippen MR) is 145 cm³/mol. The third kappa shape index (κ3) is 7.77. The van der Waals surface area contributed by atoms with Gasteiger partial charge < -0.3 is 27.5 Å². The van der Waals surface area contributed by atoms with Gasteiger partial charge in [-0.1, -0.05) is 25.1 Å². The summed E-state index contributed by atoms with van der Waals surface area (Å²) < 4.78 is 41.4. The second-order valence-electron chi connectivity index (χ2n) is 8.76. The zero-order chi connectivity index (χ0) is 27.7. The van der Waals surface area contributed by atoms with Gasteiger partial charge in [0.1, 0.15) is 5.82 Å². The molecule has 38 heavy (non-hydrogen) atoms. The molecule has 1 aromatic heterocycles. The Labute approximate surface area is 219 Å². The fraction of sp³-hybridized carbons (Fsp3) is 0.296. The number of hydrogen-bond donors (Lipinski definition) is 5. The average molecular weight is 528 g/mol. The molecule has 2 aromatic carbocycles. The van der Waals surface area contributed by atoms with E-state index in [0.29, 0.717) is 30.9 Å². The van der Waals surface area contributed by atoms with Crippen LogP contribution in [-0.4, -0.2) is 48.2 Å². The van der Waals surface area contributed by atoms with E-state index in [1.807, 2.05) is 24.0 Å². The van der Waals surface area contributed by atoms with Crippen LogP contribution in [-0.2, 0) is 17.5 Å². The molecule has 0 saturated heterocycles. The number of nitrogens with one attached hydrogen (secondary N) is 3. The molecule has 0 radical (unpaired) electrons. The molecule has 3 aromatic rings. The SMILES string of the molecule is CCCN(CCN)Cc1ccc(NC(=O)CNc2ccc(-c3cnc(N)c(C=N)c3)cc2)cc1C(F)(F)F. The number of hydrogen-bond acceptors (Lipinski definition) is 7. The first-order valence-corrected chi connectivity index (χ1v) is 12.2. The van der Waals surface area contributed by atoms with Gasteiger partial charge in [0.05, 0.1) is 12.1 Å². The minimum Gasteiger partial charge on any atom is -0.383 e. The Hall–Kier alpha value is -3.96. The molecule has 0 fully saturated rings. The minimum atomic E-state index is -4.56. The minimum absolute atomic E-state index is 0.0712. The van der Waals surface area contributed by atoms with Gasteiger partial charge >= 0.3 is 6.18 Å². The van der Waals surface area contributed by atoms with Crippen LogP contribution < -0.4 is 22.1 Å². The number of alkyl halides is 3. The Morgan fingerprint density at radius 2 is 1.79 bits per heavy atom. The number of nitrogens with two attached hydrogens (primary N) is 2. The van der Waals surface area contributed by atoms with Crippen molar-refractivity contribution in [2.45, 2.75) is 26.1 Å². The van der Waals surface area contributed by atoms with Gasteiger partial charge in [0.15, 0.2) is 0 Å².